The second kappa shape index (κ2) is 8.08. The molecule has 140 valence electrons. The molecule has 9 heteroatoms. The van der Waals surface area contributed by atoms with Crippen molar-refractivity contribution >= 4 is 63.9 Å². The van der Waals surface area contributed by atoms with E-state index in [1.165, 1.54) is 11.1 Å². The van der Waals surface area contributed by atoms with Crippen LogP contribution in [0.2, 0.25) is 0 Å². The van der Waals surface area contributed by atoms with Gasteiger partial charge in [-0.05, 0) is 23.3 Å². The molecule has 2 aromatic heterocycles. The fraction of sp³-hybridized carbons (Fsp3) is 0.278. The molecule has 1 aliphatic heterocycles. The molecule has 0 radical (unpaired) electrons. The highest BCUT2D eigenvalue weighted by Crippen LogP contribution is 2.46. The molecule has 0 saturated carbocycles. The Hall–Kier alpha value is -1.14. The molecule has 6 nitrogen and oxygen atoms in total. The van der Waals surface area contributed by atoms with Crippen molar-refractivity contribution in [2.75, 3.05) is 23.7 Å². The van der Waals surface area contributed by atoms with Crippen LogP contribution in [0.4, 0.5) is 11.8 Å². The van der Waals surface area contributed by atoms with Crippen LogP contribution in [0.15, 0.2) is 42.6 Å². The van der Waals surface area contributed by atoms with Crippen LogP contribution in [0.25, 0.3) is 11.0 Å². The first kappa shape index (κ1) is 19.2. The number of pyridine rings is 1. The van der Waals surface area contributed by atoms with Crippen molar-refractivity contribution in [1.29, 1.82) is 0 Å². The first-order valence-corrected chi connectivity index (χ1v) is 10.9. The van der Waals surface area contributed by atoms with Gasteiger partial charge in [0.15, 0.2) is 5.65 Å². The summed E-state index contributed by atoms with van der Waals surface area (Å²) < 4.78 is -0.102. The van der Waals surface area contributed by atoms with Gasteiger partial charge in [-0.25, -0.2) is 4.98 Å². The average Bonchev–Trinajstić information content (AvgIpc) is 2.62. The lowest BCUT2D eigenvalue weighted by molar-refractivity contribution is 0.470. The van der Waals surface area contributed by atoms with Gasteiger partial charge in [0.05, 0.1) is 14.3 Å². The van der Waals surface area contributed by atoms with Crippen molar-refractivity contribution < 1.29 is 0 Å². The van der Waals surface area contributed by atoms with E-state index in [2.05, 4.69) is 91.3 Å². The average molecular weight is 510 g/mol. The van der Waals surface area contributed by atoms with Crippen molar-refractivity contribution in [3.05, 3.63) is 53.7 Å². The lowest BCUT2D eigenvalue weighted by atomic mass is 10.1. The van der Waals surface area contributed by atoms with E-state index >= 15 is 0 Å². The van der Waals surface area contributed by atoms with Gasteiger partial charge in [-0.1, -0.05) is 46.9 Å². The molecule has 0 aliphatic carbocycles. The van der Waals surface area contributed by atoms with E-state index in [-0.39, 0.29) is 2.90 Å². The van der Waals surface area contributed by atoms with E-state index < -0.39 is 0 Å². The van der Waals surface area contributed by atoms with Gasteiger partial charge in [-0.3, -0.25) is 0 Å². The normalized spacial score (nSPS) is 14.8. The van der Waals surface area contributed by atoms with Crippen LogP contribution in [0, 0.1) is 0 Å². The summed E-state index contributed by atoms with van der Waals surface area (Å²) in [6, 6.07) is 12.7. The maximum atomic E-state index is 4.72. The van der Waals surface area contributed by atoms with Crippen LogP contribution in [0.1, 0.15) is 11.1 Å². The third kappa shape index (κ3) is 4.48. The Morgan fingerprint density at radius 1 is 1.15 bits per heavy atom. The van der Waals surface area contributed by atoms with Crippen molar-refractivity contribution in [2.45, 2.75) is 15.5 Å². The van der Waals surface area contributed by atoms with Crippen molar-refractivity contribution in [1.82, 2.24) is 20.3 Å². The lowest BCUT2D eigenvalue weighted by Crippen LogP contribution is -2.51. The van der Waals surface area contributed by atoms with E-state index in [1.54, 1.807) is 6.20 Å². The number of nitrogens with zero attached hydrogens (tertiary/aromatic N) is 3. The van der Waals surface area contributed by atoms with Crippen LogP contribution in [0.5, 0.6) is 0 Å². The largest absolute Gasteiger partial charge is 0.365 e. The summed E-state index contributed by atoms with van der Waals surface area (Å²) >= 11 is 2.41. The standard InChI is InChI=1S/C18H21IN6P2/c19-18(26,27)14-6-2-1-4-11(14)8-22-16-13-5-3-7-21-15(13)24-17(25-16)23-12-9-20-10-12/h1-7,12,20H,8-10,26-27H2,(H2,21,22,23,24,25). The molecule has 3 heterocycles. The Bertz CT molecular complexity index is 958. The number of aromatic nitrogens is 3. The Morgan fingerprint density at radius 2 is 1.96 bits per heavy atom. The molecule has 0 bridgehead atoms. The van der Waals surface area contributed by atoms with Crippen LogP contribution in [0.3, 0.4) is 0 Å². The number of hydrogen-bond acceptors (Lipinski definition) is 6. The molecule has 1 fully saturated rings. The summed E-state index contributed by atoms with van der Waals surface area (Å²) in [6.07, 6.45) is 1.76. The molecule has 1 aliphatic rings. The number of benzene rings is 1. The Morgan fingerprint density at radius 3 is 2.70 bits per heavy atom. The SMILES string of the molecule is PC(P)(I)c1ccccc1CNc1nc(NC2CNC2)nc2ncccc12. The number of hydrogen-bond donors (Lipinski definition) is 3. The maximum absolute atomic E-state index is 4.72. The van der Waals surface area contributed by atoms with E-state index in [9.17, 15) is 0 Å². The van der Waals surface area contributed by atoms with Crippen LogP contribution in [-0.4, -0.2) is 34.1 Å². The van der Waals surface area contributed by atoms with Gasteiger partial charge in [-0.2, -0.15) is 9.97 Å². The number of fused-ring (bicyclic) bond motifs is 1. The van der Waals surface area contributed by atoms with E-state index in [1.807, 2.05) is 12.1 Å². The number of nitrogens with one attached hydrogen (secondary N) is 3. The minimum atomic E-state index is -0.102. The van der Waals surface area contributed by atoms with Gasteiger partial charge in [0.2, 0.25) is 5.95 Å². The number of halogens is 1. The van der Waals surface area contributed by atoms with E-state index in [0.717, 1.165) is 24.3 Å². The molecular weight excluding hydrogens is 489 g/mol. The highest BCUT2D eigenvalue weighted by molar-refractivity contribution is 14.1. The predicted molar refractivity (Wildman–Crippen MR) is 127 cm³/mol. The van der Waals surface area contributed by atoms with Gasteiger partial charge >= 0.3 is 0 Å². The predicted octanol–water partition coefficient (Wildman–Crippen LogP) is 3.32. The molecule has 2 unspecified atom stereocenters. The fourth-order valence-corrected chi connectivity index (χ4v) is 4.05. The van der Waals surface area contributed by atoms with Crippen LogP contribution >= 0.6 is 41.1 Å². The maximum Gasteiger partial charge on any atom is 0.227 e. The Labute approximate surface area is 176 Å². The summed E-state index contributed by atoms with van der Waals surface area (Å²) in [4.78, 5) is 13.7. The summed E-state index contributed by atoms with van der Waals surface area (Å²) in [6.45, 7) is 2.54. The molecule has 3 N–H and O–H groups in total. The first-order valence-electron chi connectivity index (χ1n) is 8.69. The van der Waals surface area contributed by atoms with E-state index in [0.29, 0.717) is 24.2 Å². The second-order valence-electron chi connectivity index (χ2n) is 6.55. The highest BCUT2D eigenvalue weighted by Gasteiger charge is 2.21. The van der Waals surface area contributed by atoms with Gasteiger partial charge in [0.25, 0.3) is 0 Å². The fourth-order valence-electron chi connectivity index (χ4n) is 2.96. The van der Waals surface area contributed by atoms with Crippen molar-refractivity contribution in [2.24, 2.45) is 0 Å². The first-order chi connectivity index (χ1) is 13.0. The monoisotopic (exact) mass is 510 g/mol. The zero-order valence-electron chi connectivity index (χ0n) is 14.6. The third-order valence-electron chi connectivity index (χ3n) is 4.46. The quantitative estimate of drug-likeness (QED) is 0.269. The van der Waals surface area contributed by atoms with Crippen LogP contribution in [-0.2, 0) is 9.45 Å². The van der Waals surface area contributed by atoms with Gasteiger partial charge in [0.1, 0.15) is 5.82 Å². The molecule has 1 aromatic carbocycles. The second-order valence-corrected chi connectivity index (χ2v) is 13.2. The van der Waals surface area contributed by atoms with Crippen molar-refractivity contribution in [3.8, 4) is 0 Å². The third-order valence-corrected chi connectivity index (χ3v) is 5.67. The Balaban J connectivity index is 1.63. The molecule has 2 atom stereocenters. The minimum Gasteiger partial charge on any atom is -0.365 e. The topological polar surface area (TPSA) is 74.8 Å². The van der Waals surface area contributed by atoms with Crippen LogP contribution < -0.4 is 16.0 Å². The molecule has 0 amide bonds. The zero-order chi connectivity index (χ0) is 18.9. The summed E-state index contributed by atoms with van der Waals surface area (Å²) in [5.74, 6) is 1.41. The summed E-state index contributed by atoms with van der Waals surface area (Å²) in [5, 5.41) is 11.0. The van der Waals surface area contributed by atoms with Gasteiger partial charge in [-0.15, -0.1) is 18.5 Å². The summed E-state index contributed by atoms with van der Waals surface area (Å²) in [5.41, 5.74) is 3.17. The van der Waals surface area contributed by atoms with E-state index in [4.69, 9.17) is 4.98 Å². The Kier molecular flexibility index (Phi) is 5.74. The molecular formula is C18H21IN6P2. The smallest absolute Gasteiger partial charge is 0.227 e. The van der Waals surface area contributed by atoms with Gasteiger partial charge < -0.3 is 16.0 Å². The molecule has 4 rings (SSSR count). The minimum absolute atomic E-state index is 0.102. The molecule has 27 heavy (non-hydrogen) atoms. The number of anilines is 2. The van der Waals surface area contributed by atoms with Gasteiger partial charge in [0, 0.05) is 25.8 Å². The molecule has 0 spiro atoms. The number of rotatable bonds is 6. The zero-order valence-corrected chi connectivity index (χ0v) is 19.1. The number of alkyl halides is 1. The molecule has 3 aromatic rings. The lowest BCUT2D eigenvalue weighted by Gasteiger charge is -2.28. The summed E-state index contributed by atoms with van der Waals surface area (Å²) in [7, 11) is 5.75. The highest BCUT2D eigenvalue weighted by atomic mass is 127. The molecule has 1 saturated heterocycles. The van der Waals surface area contributed by atoms with Crippen molar-refractivity contribution in [3.63, 3.8) is 0 Å².